The largest absolute Gasteiger partial charge is 0.486 e. The number of carbonyl (C=O) groups excluding carboxylic acids is 1. The molecule has 0 bridgehead atoms. The van der Waals surface area contributed by atoms with Crippen molar-refractivity contribution >= 4 is 17.2 Å². The first-order valence-electron chi connectivity index (χ1n) is 9.23. The highest BCUT2D eigenvalue weighted by molar-refractivity contribution is 5.95. The Labute approximate surface area is 158 Å². The number of hydrogen-bond donors (Lipinski definition) is 1. The fraction of sp³-hybridized carbons (Fsp3) is 0.400. The van der Waals surface area contributed by atoms with Gasteiger partial charge in [0.2, 0.25) is 5.91 Å². The molecular weight excluding hydrogens is 344 g/mol. The van der Waals surface area contributed by atoms with Crippen molar-refractivity contribution in [2.45, 2.75) is 19.4 Å². The highest BCUT2D eigenvalue weighted by Gasteiger charge is 2.25. The molecule has 1 unspecified atom stereocenters. The number of benzene rings is 1. The molecule has 2 aromatic rings. The van der Waals surface area contributed by atoms with E-state index in [-0.39, 0.29) is 11.9 Å². The van der Waals surface area contributed by atoms with Crippen LogP contribution in [0.2, 0.25) is 0 Å². The summed E-state index contributed by atoms with van der Waals surface area (Å²) in [5, 5.41) is 7.24. The molecule has 4 rings (SSSR count). The lowest BCUT2D eigenvalue weighted by atomic mass is 10.0. The molecule has 0 radical (unpaired) electrons. The summed E-state index contributed by atoms with van der Waals surface area (Å²) in [5.41, 5.74) is 3.05. The first-order valence-corrected chi connectivity index (χ1v) is 9.23. The monoisotopic (exact) mass is 368 g/mol. The van der Waals surface area contributed by atoms with Crippen LogP contribution in [-0.4, -0.2) is 52.9 Å². The lowest BCUT2D eigenvalue weighted by molar-refractivity contribution is -0.120. The Morgan fingerprint density at radius 1 is 1.26 bits per heavy atom. The fourth-order valence-corrected chi connectivity index (χ4v) is 3.43. The number of amides is 1. The van der Waals surface area contributed by atoms with Crippen LogP contribution in [0.15, 0.2) is 36.7 Å². The van der Waals surface area contributed by atoms with Crippen molar-refractivity contribution in [3.8, 4) is 11.5 Å². The molecule has 0 aliphatic carbocycles. The Kier molecular flexibility index (Phi) is 4.85. The van der Waals surface area contributed by atoms with E-state index in [1.807, 2.05) is 44.6 Å². The van der Waals surface area contributed by atoms with Crippen molar-refractivity contribution in [2.75, 3.05) is 31.6 Å². The van der Waals surface area contributed by atoms with Crippen molar-refractivity contribution in [1.29, 1.82) is 0 Å². The van der Waals surface area contributed by atoms with Gasteiger partial charge < -0.3 is 14.8 Å². The minimum atomic E-state index is -0.237. The maximum Gasteiger partial charge on any atom is 0.241 e. The molecule has 1 N–H and O–H groups in total. The molecule has 2 aliphatic rings. The fourth-order valence-electron chi connectivity index (χ4n) is 3.43. The number of ether oxygens (including phenoxy) is 2. The third-order valence-electron chi connectivity index (χ3n) is 4.99. The van der Waals surface area contributed by atoms with Crippen LogP contribution in [0.4, 0.5) is 5.69 Å². The zero-order valence-corrected chi connectivity index (χ0v) is 15.6. The molecule has 0 saturated carbocycles. The van der Waals surface area contributed by atoms with Crippen molar-refractivity contribution in [3.63, 3.8) is 0 Å². The molecule has 142 valence electrons. The Hall–Kier alpha value is -2.80. The molecular formula is C20H24N4O3. The minimum absolute atomic E-state index is 0.0286. The van der Waals surface area contributed by atoms with E-state index in [1.165, 1.54) is 5.57 Å². The number of fused-ring (bicyclic) bond motifs is 1. The third kappa shape index (κ3) is 3.83. The molecule has 2 aliphatic heterocycles. The van der Waals surface area contributed by atoms with Crippen molar-refractivity contribution in [2.24, 2.45) is 7.05 Å². The van der Waals surface area contributed by atoms with E-state index in [1.54, 1.807) is 4.68 Å². The van der Waals surface area contributed by atoms with Gasteiger partial charge in [-0.1, -0.05) is 6.08 Å². The number of aryl methyl sites for hydroxylation is 1. The van der Waals surface area contributed by atoms with Crippen LogP contribution < -0.4 is 14.8 Å². The lowest BCUT2D eigenvalue weighted by Crippen LogP contribution is -2.44. The van der Waals surface area contributed by atoms with E-state index in [2.05, 4.69) is 21.4 Å². The summed E-state index contributed by atoms with van der Waals surface area (Å²) in [4.78, 5) is 15.0. The van der Waals surface area contributed by atoms with Gasteiger partial charge in [0, 0.05) is 43.7 Å². The molecule has 7 nitrogen and oxygen atoms in total. The Morgan fingerprint density at radius 3 is 2.85 bits per heavy atom. The Bertz CT molecular complexity index is 874. The van der Waals surface area contributed by atoms with Crippen molar-refractivity contribution < 1.29 is 14.3 Å². The van der Waals surface area contributed by atoms with Gasteiger partial charge in [0.05, 0.1) is 12.2 Å². The van der Waals surface area contributed by atoms with E-state index in [0.717, 1.165) is 36.5 Å². The van der Waals surface area contributed by atoms with Gasteiger partial charge in [-0.25, -0.2) is 0 Å². The predicted octanol–water partition coefficient (Wildman–Crippen LogP) is 2.31. The number of rotatable bonds is 4. The summed E-state index contributed by atoms with van der Waals surface area (Å²) >= 11 is 0. The highest BCUT2D eigenvalue weighted by atomic mass is 16.6. The van der Waals surface area contributed by atoms with Crippen LogP contribution in [0, 0.1) is 0 Å². The number of nitrogens with zero attached hydrogens (tertiary/aromatic N) is 3. The summed E-state index contributed by atoms with van der Waals surface area (Å²) < 4.78 is 12.9. The van der Waals surface area contributed by atoms with E-state index in [4.69, 9.17) is 9.47 Å². The number of carbonyl (C=O) groups is 1. The van der Waals surface area contributed by atoms with Gasteiger partial charge in [0.15, 0.2) is 11.5 Å². The second kappa shape index (κ2) is 7.44. The molecule has 0 fully saturated rings. The molecule has 27 heavy (non-hydrogen) atoms. The van der Waals surface area contributed by atoms with Gasteiger partial charge in [0.1, 0.15) is 13.2 Å². The molecule has 1 aromatic carbocycles. The summed E-state index contributed by atoms with van der Waals surface area (Å²) in [7, 11) is 1.91. The van der Waals surface area contributed by atoms with E-state index in [9.17, 15) is 4.79 Å². The number of hydrogen-bond acceptors (Lipinski definition) is 5. The maximum atomic E-state index is 12.8. The predicted molar refractivity (Wildman–Crippen MR) is 103 cm³/mol. The van der Waals surface area contributed by atoms with Gasteiger partial charge in [-0.2, -0.15) is 5.10 Å². The van der Waals surface area contributed by atoms with Crippen LogP contribution in [0.1, 0.15) is 18.9 Å². The average Bonchev–Trinajstić information content (AvgIpc) is 3.14. The zero-order chi connectivity index (χ0) is 18.8. The average molecular weight is 368 g/mol. The molecule has 0 saturated heterocycles. The van der Waals surface area contributed by atoms with Crippen LogP contribution in [0.25, 0.3) is 5.57 Å². The molecule has 7 heteroatoms. The summed E-state index contributed by atoms with van der Waals surface area (Å²) in [6, 6.07) is 5.25. The molecule has 3 heterocycles. The quantitative estimate of drug-likeness (QED) is 0.897. The highest BCUT2D eigenvalue weighted by Crippen LogP contribution is 2.32. The number of anilines is 1. The lowest BCUT2D eigenvalue weighted by Gasteiger charge is -2.31. The molecule has 1 aromatic heterocycles. The van der Waals surface area contributed by atoms with E-state index < -0.39 is 0 Å². The number of aromatic nitrogens is 2. The van der Waals surface area contributed by atoms with Gasteiger partial charge >= 0.3 is 0 Å². The SMILES string of the molecule is CC(C(=O)Nc1ccc2c(c1)OCCO2)N1CCC=C(c2cnn(C)c2)C1. The summed E-state index contributed by atoms with van der Waals surface area (Å²) in [5.74, 6) is 1.36. The zero-order valence-electron chi connectivity index (χ0n) is 15.6. The van der Waals surface area contributed by atoms with Gasteiger partial charge in [-0.05, 0) is 31.1 Å². The van der Waals surface area contributed by atoms with E-state index in [0.29, 0.717) is 19.0 Å². The van der Waals surface area contributed by atoms with Crippen LogP contribution >= 0.6 is 0 Å². The van der Waals surface area contributed by atoms with Crippen LogP contribution in [0.5, 0.6) is 11.5 Å². The van der Waals surface area contributed by atoms with Crippen LogP contribution in [0.3, 0.4) is 0 Å². The second-order valence-electron chi connectivity index (χ2n) is 6.91. The minimum Gasteiger partial charge on any atom is -0.486 e. The summed E-state index contributed by atoms with van der Waals surface area (Å²) in [6.45, 7) is 4.62. The molecule has 1 amide bonds. The van der Waals surface area contributed by atoms with Gasteiger partial charge in [0.25, 0.3) is 0 Å². The van der Waals surface area contributed by atoms with Crippen molar-refractivity contribution in [1.82, 2.24) is 14.7 Å². The maximum absolute atomic E-state index is 12.8. The van der Waals surface area contributed by atoms with Gasteiger partial charge in [-0.3, -0.25) is 14.4 Å². The standard InChI is InChI=1S/C20H24N4O3/c1-14(24-7-3-4-15(13-24)16-11-21-23(2)12-16)20(25)22-17-5-6-18-19(10-17)27-9-8-26-18/h4-6,10-12,14H,3,7-9,13H2,1-2H3,(H,22,25). The second-order valence-corrected chi connectivity index (χ2v) is 6.91. The Morgan fingerprint density at radius 2 is 2.07 bits per heavy atom. The van der Waals surface area contributed by atoms with Crippen LogP contribution in [-0.2, 0) is 11.8 Å². The third-order valence-corrected chi connectivity index (χ3v) is 4.99. The molecule has 0 spiro atoms. The first kappa shape index (κ1) is 17.6. The summed E-state index contributed by atoms with van der Waals surface area (Å²) in [6.07, 6.45) is 7.04. The Balaban J connectivity index is 1.41. The normalized spacial score (nSPS) is 17.9. The van der Waals surface area contributed by atoms with E-state index >= 15 is 0 Å². The van der Waals surface area contributed by atoms with Gasteiger partial charge in [-0.15, -0.1) is 0 Å². The number of nitrogens with one attached hydrogen (secondary N) is 1. The smallest absolute Gasteiger partial charge is 0.241 e. The topological polar surface area (TPSA) is 68.6 Å². The van der Waals surface area contributed by atoms with Crippen molar-refractivity contribution in [3.05, 3.63) is 42.2 Å². The molecule has 1 atom stereocenters. The first-order chi connectivity index (χ1) is 13.1.